The molecule has 0 amide bonds. The Bertz CT molecular complexity index is 1300. The lowest BCUT2D eigenvalue weighted by molar-refractivity contribution is -0.392. The van der Waals surface area contributed by atoms with Crippen molar-refractivity contribution in [1.82, 2.24) is 0 Å². The summed E-state index contributed by atoms with van der Waals surface area (Å²) in [7, 11) is -4.46. The highest BCUT2D eigenvalue weighted by atomic mass is 35.5. The Morgan fingerprint density at radius 3 is 2.00 bits per heavy atom. The van der Waals surface area contributed by atoms with E-state index in [2.05, 4.69) is 4.72 Å². The number of nitro groups is 2. The van der Waals surface area contributed by atoms with Crippen LogP contribution in [-0.2, 0) is 10.0 Å². The number of sulfonamides is 1. The smallest absolute Gasteiger partial charge is 0.272 e. The summed E-state index contributed by atoms with van der Waals surface area (Å²) in [5, 5.41) is 22.2. The molecule has 0 saturated heterocycles. The third kappa shape index (κ3) is 3.79. The standard InChI is InChI=1S/C16H8Cl3N3O6S/c17-10-5-6-13(15(19)14(10)18)29(27,28)20-16-9-4-2-1-3-8(9)11(21(23)24)7-12(16)22(25)26/h1-7,20H. The van der Waals surface area contributed by atoms with Crippen molar-refractivity contribution in [2.24, 2.45) is 0 Å². The molecule has 0 unspecified atom stereocenters. The monoisotopic (exact) mass is 475 g/mol. The molecule has 0 saturated carbocycles. The summed E-state index contributed by atoms with van der Waals surface area (Å²) in [5.74, 6) is 0. The zero-order valence-corrected chi connectivity index (χ0v) is 17.0. The normalized spacial score (nSPS) is 11.4. The van der Waals surface area contributed by atoms with Gasteiger partial charge in [0.2, 0.25) is 0 Å². The molecule has 0 fully saturated rings. The molecule has 0 aliphatic rings. The Balaban J connectivity index is 2.29. The number of nitrogens with one attached hydrogen (secondary N) is 1. The molecular weight excluding hydrogens is 469 g/mol. The van der Waals surface area contributed by atoms with Gasteiger partial charge in [-0.1, -0.05) is 53.0 Å². The fourth-order valence-electron chi connectivity index (χ4n) is 2.65. The molecule has 9 nitrogen and oxygen atoms in total. The molecule has 0 bridgehead atoms. The fourth-order valence-corrected chi connectivity index (χ4v) is 4.72. The average molecular weight is 477 g/mol. The zero-order valence-electron chi connectivity index (χ0n) is 13.9. The van der Waals surface area contributed by atoms with Gasteiger partial charge in [0.05, 0.1) is 36.4 Å². The van der Waals surface area contributed by atoms with Gasteiger partial charge < -0.3 is 0 Å². The highest BCUT2D eigenvalue weighted by Gasteiger charge is 2.30. The maximum absolute atomic E-state index is 12.9. The molecule has 0 atom stereocenters. The van der Waals surface area contributed by atoms with Gasteiger partial charge in [-0.2, -0.15) is 0 Å². The van der Waals surface area contributed by atoms with E-state index in [1.54, 1.807) is 0 Å². The first-order valence-electron chi connectivity index (χ1n) is 7.55. The summed E-state index contributed by atoms with van der Waals surface area (Å²) in [6.07, 6.45) is 0. The van der Waals surface area contributed by atoms with Crippen molar-refractivity contribution in [1.29, 1.82) is 0 Å². The maximum Gasteiger partial charge on any atom is 0.300 e. The predicted octanol–water partition coefficient (Wildman–Crippen LogP) is 5.42. The topological polar surface area (TPSA) is 132 Å². The Labute approximate surface area is 178 Å². The van der Waals surface area contributed by atoms with Gasteiger partial charge in [-0.3, -0.25) is 25.0 Å². The number of hydrogen-bond donors (Lipinski definition) is 1. The van der Waals surface area contributed by atoms with E-state index in [-0.39, 0.29) is 25.8 Å². The number of hydrogen-bond acceptors (Lipinski definition) is 6. The summed E-state index contributed by atoms with van der Waals surface area (Å²) in [5.41, 5.74) is -1.78. The zero-order chi connectivity index (χ0) is 21.5. The van der Waals surface area contributed by atoms with Gasteiger partial charge in [-0.25, -0.2) is 8.42 Å². The molecule has 29 heavy (non-hydrogen) atoms. The van der Waals surface area contributed by atoms with E-state index in [4.69, 9.17) is 34.8 Å². The first-order chi connectivity index (χ1) is 13.5. The van der Waals surface area contributed by atoms with E-state index in [1.165, 1.54) is 30.3 Å². The molecule has 3 aromatic carbocycles. The number of rotatable bonds is 5. The minimum absolute atomic E-state index is 0.0148. The van der Waals surface area contributed by atoms with Crippen LogP contribution in [0.5, 0.6) is 0 Å². The number of benzene rings is 3. The minimum Gasteiger partial charge on any atom is -0.272 e. The van der Waals surface area contributed by atoms with Crippen molar-refractivity contribution < 1.29 is 18.3 Å². The second kappa shape index (κ2) is 7.64. The van der Waals surface area contributed by atoms with Crippen LogP contribution in [-0.4, -0.2) is 18.3 Å². The van der Waals surface area contributed by atoms with Gasteiger partial charge in [0.25, 0.3) is 15.7 Å². The van der Waals surface area contributed by atoms with Crippen molar-refractivity contribution in [3.05, 3.63) is 77.8 Å². The van der Waals surface area contributed by atoms with Crippen molar-refractivity contribution in [3.8, 4) is 0 Å². The summed E-state index contributed by atoms with van der Waals surface area (Å²) in [6.45, 7) is 0. The largest absolute Gasteiger partial charge is 0.300 e. The van der Waals surface area contributed by atoms with Crippen molar-refractivity contribution >= 4 is 72.7 Å². The van der Waals surface area contributed by atoms with Gasteiger partial charge in [0.1, 0.15) is 10.6 Å². The summed E-state index contributed by atoms with van der Waals surface area (Å²) >= 11 is 17.7. The fraction of sp³-hybridized carbons (Fsp3) is 0. The van der Waals surface area contributed by atoms with Gasteiger partial charge >= 0.3 is 5.69 Å². The van der Waals surface area contributed by atoms with E-state index in [0.29, 0.717) is 6.07 Å². The molecule has 0 aliphatic heterocycles. The van der Waals surface area contributed by atoms with Gasteiger partial charge in [0.15, 0.2) is 0 Å². The average Bonchev–Trinajstić information content (AvgIpc) is 2.65. The first kappa shape index (κ1) is 21.1. The maximum atomic E-state index is 12.9. The second-order valence-electron chi connectivity index (χ2n) is 5.63. The minimum atomic E-state index is -4.46. The van der Waals surface area contributed by atoms with Gasteiger partial charge in [0, 0.05) is 5.39 Å². The molecule has 13 heteroatoms. The Morgan fingerprint density at radius 2 is 1.41 bits per heavy atom. The molecule has 150 valence electrons. The molecule has 1 N–H and O–H groups in total. The summed E-state index contributed by atoms with van der Waals surface area (Å²) in [4.78, 5) is 20.7. The van der Waals surface area contributed by atoms with E-state index in [9.17, 15) is 28.6 Å². The number of halogens is 3. The Kier molecular flexibility index (Phi) is 5.54. The molecule has 0 radical (unpaired) electrons. The quantitative estimate of drug-likeness (QED) is 0.297. The summed E-state index contributed by atoms with van der Waals surface area (Å²) < 4.78 is 27.8. The number of non-ortho nitro benzene ring substituents is 1. The highest BCUT2D eigenvalue weighted by Crippen LogP contribution is 2.41. The molecule has 0 aliphatic carbocycles. The number of fused-ring (bicyclic) bond motifs is 1. The lowest BCUT2D eigenvalue weighted by Crippen LogP contribution is -2.15. The van der Waals surface area contributed by atoms with Crippen molar-refractivity contribution in [2.45, 2.75) is 4.90 Å². The molecule has 0 spiro atoms. The number of anilines is 1. The predicted molar refractivity (Wildman–Crippen MR) is 110 cm³/mol. The van der Waals surface area contributed by atoms with E-state index < -0.39 is 41.8 Å². The SMILES string of the molecule is O=[N+]([O-])c1cc([N+](=O)[O-])c2ccccc2c1NS(=O)(=O)c1ccc(Cl)c(Cl)c1Cl. The molecule has 3 rings (SSSR count). The van der Waals surface area contributed by atoms with Gasteiger partial charge in [-0.15, -0.1) is 0 Å². The lowest BCUT2D eigenvalue weighted by Gasteiger charge is -2.13. The van der Waals surface area contributed by atoms with Crippen LogP contribution in [0.25, 0.3) is 10.8 Å². The van der Waals surface area contributed by atoms with E-state index >= 15 is 0 Å². The number of nitrogens with zero attached hydrogens (tertiary/aromatic N) is 2. The third-order valence-electron chi connectivity index (χ3n) is 3.92. The van der Waals surface area contributed by atoms with Crippen LogP contribution < -0.4 is 4.72 Å². The van der Waals surface area contributed by atoms with Crippen LogP contribution in [0.1, 0.15) is 0 Å². The number of nitro benzene ring substituents is 2. The first-order valence-corrected chi connectivity index (χ1v) is 10.2. The Morgan fingerprint density at radius 1 is 0.828 bits per heavy atom. The van der Waals surface area contributed by atoms with Crippen LogP contribution in [0.2, 0.25) is 15.1 Å². The molecule has 0 aromatic heterocycles. The van der Waals surface area contributed by atoms with Crippen LogP contribution >= 0.6 is 34.8 Å². The van der Waals surface area contributed by atoms with Crippen molar-refractivity contribution in [2.75, 3.05) is 4.72 Å². The van der Waals surface area contributed by atoms with Crippen LogP contribution in [0.4, 0.5) is 17.1 Å². The van der Waals surface area contributed by atoms with Crippen LogP contribution in [0.15, 0.2) is 47.4 Å². The summed E-state index contributed by atoms with van der Waals surface area (Å²) in [6, 6.07) is 8.58. The van der Waals surface area contributed by atoms with Crippen molar-refractivity contribution in [3.63, 3.8) is 0 Å². The lowest BCUT2D eigenvalue weighted by atomic mass is 10.1. The second-order valence-corrected chi connectivity index (χ2v) is 8.44. The van der Waals surface area contributed by atoms with Crippen LogP contribution in [0.3, 0.4) is 0 Å². The highest BCUT2D eigenvalue weighted by molar-refractivity contribution is 7.92. The molecule has 3 aromatic rings. The molecular formula is C16H8Cl3N3O6S. The third-order valence-corrected chi connectivity index (χ3v) is 6.72. The Hall–Kier alpha value is -2.66. The molecule has 0 heterocycles. The van der Waals surface area contributed by atoms with Gasteiger partial charge in [-0.05, 0) is 18.2 Å². The van der Waals surface area contributed by atoms with E-state index in [1.807, 2.05) is 0 Å². The van der Waals surface area contributed by atoms with E-state index in [0.717, 1.165) is 6.07 Å². The van der Waals surface area contributed by atoms with Crippen LogP contribution in [0, 0.1) is 20.2 Å².